The Balaban J connectivity index is 1.85. The Bertz CT molecular complexity index is 687. The van der Waals surface area contributed by atoms with Crippen molar-refractivity contribution in [3.8, 4) is 0 Å². The van der Waals surface area contributed by atoms with Crippen LogP contribution in [0.3, 0.4) is 0 Å². The van der Waals surface area contributed by atoms with Gasteiger partial charge in [-0.15, -0.1) is 0 Å². The number of aromatic nitrogens is 2. The van der Waals surface area contributed by atoms with Crippen LogP contribution in [0, 0.1) is 6.92 Å². The molecule has 1 unspecified atom stereocenters. The monoisotopic (exact) mass is 301 g/mol. The number of carbonyl (C=O) groups excluding carboxylic acids is 1. The summed E-state index contributed by atoms with van der Waals surface area (Å²) < 4.78 is 7.61. The number of fused-ring (bicyclic) bond motifs is 1. The predicted molar refractivity (Wildman–Crippen MR) is 86.6 cm³/mol. The van der Waals surface area contributed by atoms with E-state index in [2.05, 4.69) is 4.98 Å². The molecule has 0 saturated heterocycles. The third-order valence-electron chi connectivity index (χ3n) is 4.49. The van der Waals surface area contributed by atoms with Gasteiger partial charge in [0.2, 0.25) is 0 Å². The van der Waals surface area contributed by atoms with Crippen molar-refractivity contribution in [2.45, 2.75) is 58.1 Å². The molecule has 0 amide bonds. The molecule has 5 nitrogen and oxygen atoms in total. The molecule has 5 heteroatoms. The lowest BCUT2D eigenvalue weighted by molar-refractivity contribution is -0.154. The molecular formula is C17H23N3O2. The molecule has 1 aromatic heterocycles. The van der Waals surface area contributed by atoms with Crippen LogP contribution in [0.5, 0.6) is 0 Å². The minimum absolute atomic E-state index is 0.0730. The summed E-state index contributed by atoms with van der Waals surface area (Å²) in [5.41, 5.74) is 8.23. The molecular weight excluding hydrogens is 278 g/mol. The van der Waals surface area contributed by atoms with E-state index >= 15 is 0 Å². The van der Waals surface area contributed by atoms with Crippen LogP contribution < -0.4 is 5.73 Å². The van der Waals surface area contributed by atoms with E-state index in [0.717, 1.165) is 42.5 Å². The van der Waals surface area contributed by atoms with E-state index in [-0.39, 0.29) is 12.1 Å². The number of imidazole rings is 1. The Morgan fingerprint density at radius 3 is 2.82 bits per heavy atom. The molecule has 1 aliphatic rings. The first-order valence-electron chi connectivity index (χ1n) is 8.01. The molecule has 1 atom stereocenters. The summed E-state index contributed by atoms with van der Waals surface area (Å²) in [6, 6.07) is 5.25. The molecule has 0 bridgehead atoms. The van der Waals surface area contributed by atoms with Crippen molar-refractivity contribution in [2.24, 2.45) is 0 Å². The van der Waals surface area contributed by atoms with Gasteiger partial charge in [0, 0.05) is 0 Å². The number of ether oxygens (including phenoxy) is 1. The molecule has 1 aliphatic carbocycles. The Morgan fingerprint density at radius 2 is 2.09 bits per heavy atom. The molecule has 22 heavy (non-hydrogen) atoms. The van der Waals surface area contributed by atoms with Gasteiger partial charge in [-0.3, -0.25) is 0 Å². The fourth-order valence-corrected chi connectivity index (χ4v) is 3.29. The number of hydrogen-bond acceptors (Lipinski definition) is 4. The van der Waals surface area contributed by atoms with Gasteiger partial charge in [-0.2, -0.15) is 0 Å². The summed E-state index contributed by atoms with van der Waals surface area (Å²) in [5, 5.41) is 0. The summed E-state index contributed by atoms with van der Waals surface area (Å²) >= 11 is 0. The maximum atomic E-state index is 12.5. The standard InChI is InChI=1S/C17H23N3O2/c1-11(17(21)22-13-7-4-3-5-8-13)20-12(2)19-16-14(18)9-6-10-15(16)20/h6,9-11,13H,3-5,7-8,18H2,1-2H3. The van der Waals surface area contributed by atoms with E-state index in [1.165, 1.54) is 6.42 Å². The van der Waals surface area contributed by atoms with Crippen molar-refractivity contribution in [1.29, 1.82) is 0 Å². The maximum Gasteiger partial charge on any atom is 0.329 e. The average molecular weight is 301 g/mol. The van der Waals surface area contributed by atoms with E-state index in [4.69, 9.17) is 10.5 Å². The number of rotatable bonds is 3. The van der Waals surface area contributed by atoms with E-state index in [0.29, 0.717) is 5.69 Å². The van der Waals surface area contributed by atoms with Gasteiger partial charge >= 0.3 is 5.97 Å². The quantitative estimate of drug-likeness (QED) is 0.697. The summed E-state index contributed by atoms with van der Waals surface area (Å²) in [6.45, 7) is 3.76. The number of nitrogens with zero attached hydrogens (tertiary/aromatic N) is 2. The topological polar surface area (TPSA) is 70.1 Å². The minimum atomic E-state index is -0.395. The molecule has 1 fully saturated rings. The van der Waals surface area contributed by atoms with Crippen LogP contribution >= 0.6 is 0 Å². The van der Waals surface area contributed by atoms with Crippen LogP contribution in [-0.4, -0.2) is 21.6 Å². The van der Waals surface area contributed by atoms with Crippen LogP contribution in [-0.2, 0) is 9.53 Å². The zero-order chi connectivity index (χ0) is 15.7. The fraction of sp³-hybridized carbons (Fsp3) is 0.529. The molecule has 0 spiro atoms. The highest BCUT2D eigenvalue weighted by Gasteiger charge is 2.25. The third kappa shape index (κ3) is 2.67. The number of carbonyl (C=O) groups is 1. The van der Waals surface area contributed by atoms with E-state index in [1.54, 1.807) is 0 Å². The van der Waals surface area contributed by atoms with Gasteiger partial charge in [0.15, 0.2) is 0 Å². The third-order valence-corrected chi connectivity index (χ3v) is 4.49. The zero-order valence-electron chi connectivity index (χ0n) is 13.2. The van der Waals surface area contributed by atoms with Crippen molar-refractivity contribution < 1.29 is 9.53 Å². The van der Waals surface area contributed by atoms with Crippen LogP contribution in [0.4, 0.5) is 5.69 Å². The second kappa shape index (κ2) is 5.99. The predicted octanol–water partition coefficient (Wildman–Crippen LogP) is 3.36. The Hall–Kier alpha value is -2.04. The van der Waals surface area contributed by atoms with Crippen LogP contribution in [0.1, 0.15) is 50.9 Å². The Morgan fingerprint density at radius 1 is 1.36 bits per heavy atom. The lowest BCUT2D eigenvalue weighted by Gasteiger charge is -2.24. The van der Waals surface area contributed by atoms with Gasteiger partial charge in [-0.25, -0.2) is 9.78 Å². The van der Waals surface area contributed by atoms with Gasteiger partial charge in [-0.1, -0.05) is 12.5 Å². The number of benzene rings is 1. The van der Waals surface area contributed by atoms with Crippen molar-refractivity contribution in [1.82, 2.24) is 9.55 Å². The van der Waals surface area contributed by atoms with E-state index in [9.17, 15) is 4.79 Å². The lowest BCUT2D eigenvalue weighted by atomic mass is 9.98. The molecule has 0 radical (unpaired) electrons. The number of esters is 1. The molecule has 2 N–H and O–H groups in total. The number of anilines is 1. The van der Waals surface area contributed by atoms with Gasteiger partial charge in [0.25, 0.3) is 0 Å². The first-order valence-corrected chi connectivity index (χ1v) is 8.01. The highest BCUT2D eigenvalue weighted by Crippen LogP contribution is 2.27. The SMILES string of the molecule is Cc1nc2c(N)cccc2n1C(C)C(=O)OC1CCCCC1. The summed E-state index contributed by atoms with van der Waals surface area (Å²) in [7, 11) is 0. The highest BCUT2D eigenvalue weighted by molar-refractivity contribution is 5.89. The first-order chi connectivity index (χ1) is 10.6. The molecule has 3 rings (SSSR count). The van der Waals surface area contributed by atoms with Gasteiger partial charge in [0.05, 0.1) is 11.2 Å². The summed E-state index contributed by atoms with van der Waals surface area (Å²) in [5.74, 6) is 0.595. The van der Waals surface area contributed by atoms with Gasteiger partial charge in [0.1, 0.15) is 23.5 Å². The van der Waals surface area contributed by atoms with Crippen LogP contribution in [0.15, 0.2) is 18.2 Å². The van der Waals surface area contributed by atoms with Gasteiger partial charge < -0.3 is 15.0 Å². The second-order valence-electron chi connectivity index (χ2n) is 6.12. The second-order valence-corrected chi connectivity index (χ2v) is 6.12. The number of para-hydroxylation sites is 1. The minimum Gasteiger partial charge on any atom is -0.461 e. The van der Waals surface area contributed by atoms with Crippen LogP contribution in [0.25, 0.3) is 11.0 Å². The zero-order valence-corrected chi connectivity index (χ0v) is 13.2. The molecule has 2 aromatic rings. The number of aryl methyl sites for hydroxylation is 1. The maximum absolute atomic E-state index is 12.5. The van der Waals surface area contributed by atoms with Crippen molar-refractivity contribution in [3.63, 3.8) is 0 Å². The Labute approximate surface area is 130 Å². The number of nitrogen functional groups attached to an aromatic ring is 1. The van der Waals surface area contributed by atoms with Crippen molar-refractivity contribution >= 4 is 22.7 Å². The largest absolute Gasteiger partial charge is 0.461 e. The number of nitrogens with two attached hydrogens (primary N) is 1. The van der Waals surface area contributed by atoms with Crippen LogP contribution in [0.2, 0.25) is 0 Å². The van der Waals surface area contributed by atoms with Gasteiger partial charge in [-0.05, 0) is 51.7 Å². The summed E-state index contributed by atoms with van der Waals surface area (Å²) in [4.78, 5) is 17.0. The van der Waals surface area contributed by atoms with Crippen molar-refractivity contribution in [2.75, 3.05) is 5.73 Å². The summed E-state index contributed by atoms with van der Waals surface area (Å²) in [6.07, 6.45) is 5.58. The normalized spacial score (nSPS) is 17.5. The highest BCUT2D eigenvalue weighted by atomic mass is 16.5. The smallest absolute Gasteiger partial charge is 0.329 e. The number of hydrogen-bond donors (Lipinski definition) is 1. The average Bonchev–Trinajstić information content (AvgIpc) is 2.85. The molecule has 1 saturated carbocycles. The van der Waals surface area contributed by atoms with E-state index in [1.807, 2.05) is 36.6 Å². The Kier molecular flexibility index (Phi) is 4.05. The molecule has 0 aliphatic heterocycles. The fourth-order valence-electron chi connectivity index (χ4n) is 3.29. The lowest BCUT2D eigenvalue weighted by Crippen LogP contribution is -2.27. The van der Waals surface area contributed by atoms with E-state index < -0.39 is 6.04 Å². The first kappa shape index (κ1) is 14.9. The molecule has 118 valence electrons. The van der Waals surface area contributed by atoms with Crippen molar-refractivity contribution in [3.05, 3.63) is 24.0 Å². The molecule has 1 aromatic carbocycles. The molecule has 1 heterocycles.